The standard InChI is InChI=1S/C19H23FN4O.ClH/c20-16-5-2-4-14(7-16)19-17-11-21-10-15(17)12-24(19)18(25)6-1-3-13-8-22-23-9-13;/h2,4-5,7-9,15,17,19,21H,1,3,6,10-12H2,(H,22,23);1H/t15-,17-,19-;/m0./s1. The van der Waals surface area contributed by atoms with Gasteiger partial charge in [-0.1, -0.05) is 12.1 Å². The Hall–Kier alpha value is -1.92. The van der Waals surface area contributed by atoms with E-state index in [9.17, 15) is 9.18 Å². The zero-order valence-electron chi connectivity index (χ0n) is 14.5. The van der Waals surface area contributed by atoms with Crippen LogP contribution in [0.5, 0.6) is 0 Å². The van der Waals surface area contributed by atoms with Gasteiger partial charge >= 0.3 is 0 Å². The van der Waals surface area contributed by atoms with Crippen LogP contribution >= 0.6 is 12.4 Å². The van der Waals surface area contributed by atoms with Gasteiger partial charge < -0.3 is 10.2 Å². The van der Waals surface area contributed by atoms with Crippen LogP contribution in [0, 0.1) is 17.7 Å². The van der Waals surface area contributed by atoms with Crippen molar-refractivity contribution in [2.75, 3.05) is 19.6 Å². The van der Waals surface area contributed by atoms with Gasteiger partial charge in [-0.25, -0.2) is 4.39 Å². The number of nitrogens with zero attached hydrogens (tertiary/aromatic N) is 2. The lowest BCUT2D eigenvalue weighted by Gasteiger charge is -2.28. The van der Waals surface area contributed by atoms with Crippen molar-refractivity contribution in [1.82, 2.24) is 20.4 Å². The molecule has 0 radical (unpaired) electrons. The van der Waals surface area contributed by atoms with Gasteiger partial charge in [0.1, 0.15) is 5.82 Å². The average Bonchev–Trinajstić information content (AvgIpc) is 3.31. The maximum absolute atomic E-state index is 13.7. The lowest BCUT2D eigenvalue weighted by atomic mass is 9.89. The third-order valence-electron chi connectivity index (χ3n) is 5.49. The minimum Gasteiger partial charge on any atom is -0.335 e. The molecule has 2 N–H and O–H groups in total. The van der Waals surface area contributed by atoms with Crippen LogP contribution < -0.4 is 5.32 Å². The number of halogens is 2. The first-order chi connectivity index (χ1) is 12.2. The van der Waals surface area contributed by atoms with E-state index in [0.29, 0.717) is 18.3 Å². The van der Waals surface area contributed by atoms with E-state index in [2.05, 4.69) is 15.5 Å². The number of aryl methyl sites for hydroxylation is 1. The molecule has 0 unspecified atom stereocenters. The molecule has 2 saturated heterocycles. The van der Waals surface area contributed by atoms with E-state index < -0.39 is 0 Å². The minimum atomic E-state index is -0.237. The van der Waals surface area contributed by atoms with Gasteiger partial charge in [0, 0.05) is 38.2 Å². The van der Waals surface area contributed by atoms with Gasteiger partial charge in [0.15, 0.2) is 0 Å². The molecule has 1 aromatic heterocycles. The Morgan fingerprint density at radius 1 is 1.35 bits per heavy atom. The van der Waals surface area contributed by atoms with E-state index in [0.717, 1.165) is 43.6 Å². The molecule has 26 heavy (non-hydrogen) atoms. The predicted molar refractivity (Wildman–Crippen MR) is 99.5 cm³/mol. The molecule has 4 rings (SSSR count). The molecule has 0 spiro atoms. The van der Waals surface area contributed by atoms with Crippen molar-refractivity contribution in [3.63, 3.8) is 0 Å². The first-order valence-electron chi connectivity index (χ1n) is 8.95. The molecule has 3 atom stereocenters. The zero-order valence-corrected chi connectivity index (χ0v) is 15.3. The van der Waals surface area contributed by atoms with Gasteiger partial charge in [0.25, 0.3) is 0 Å². The summed E-state index contributed by atoms with van der Waals surface area (Å²) in [6, 6.07) is 6.70. The molecule has 2 aliphatic rings. The van der Waals surface area contributed by atoms with Crippen LogP contribution in [0.2, 0.25) is 0 Å². The topological polar surface area (TPSA) is 61.0 Å². The molecule has 140 valence electrons. The zero-order chi connectivity index (χ0) is 17.2. The Morgan fingerprint density at radius 3 is 3.00 bits per heavy atom. The van der Waals surface area contributed by atoms with E-state index in [1.165, 1.54) is 6.07 Å². The van der Waals surface area contributed by atoms with Crippen LogP contribution in [-0.4, -0.2) is 40.6 Å². The Labute approximate surface area is 158 Å². The Kier molecular flexibility index (Phi) is 5.94. The maximum atomic E-state index is 13.7. The second kappa shape index (κ2) is 8.18. The number of benzene rings is 1. The summed E-state index contributed by atoms with van der Waals surface area (Å²) in [6.07, 6.45) is 5.83. The quantitative estimate of drug-likeness (QED) is 0.841. The number of H-pyrrole nitrogens is 1. The second-order valence-electron chi connectivity index (χ2n) is 7.09. The molecular formula is C19H24ClFN4O. The van der Waals surface area contributed by atoms with Crippen LogP contribution in [0.4, 0.5) is 4.39 Å². The smallest absolute Gasteiger partial charge is 0.223 e. The van der Waals surface area contributed by atoms with E-state index in [4.69, 9.17) is 0 Å². The van der Waals surface area contributed by atoms with Crippen molar-refractivity contribution in [2.24, 2.45) is 11.8 Å². The van der Waals surface area contributed by atoms with Crippen molar-refractivity contribution in [3.8, 4) is 0 Å². The Morgan fingerprint density at radius 2 is 2.23 bits per heavy atom. The predicted octanol–water partition coefficient (Wildman–Crippen LogP) is 2.71. The summed E-state index contributed by atoms with van der Waals surface area (Å²) in [5, 5.41) is 10.1. The molecule has 5 nitrogen and oxygen atoms in total. The number of nitrogens with one attached hydrogen (secondary N) is 2. The number of aromatic nitrogens is 2. The molecule has 0 saturated carbocycles. The van der Waals surface area contributed by atoms with Crippen molar-refractivity contribution < 1.29 is 9.18 Å². The monoisotopic (exact) mass is 378 g/mol. The van der Waals surface area contributed by atoms with Gasteiger partial charge in [-0.15, -0.1) is 12.4 Å². The first-order valence-corrected chi connectivity index (χ1v) is 8.95. The molecule has 0 bridgehead atoms. The van der Waals surface area contributed by atoms with Crippen LogP contribution in [0.25, 0.3) is 0 Å². The van der Waals surface area contributed by atoms with Crippen LogP contribution in [0.15, 0.2) is 36.7 Å². The summed E-state index contributed by atoms with van der Waals surface area (Å²) >= 11 is 0. The molecule has 7 heteroatoms. The summed E-state index contributed by atoms with van der Waals surface area (Å²) in [7, 11) is 0. The summed E-state index contributed by atoms with van der Waals surface area (Å²) < 4.78 is 13.7. The number of carbonyl (C=O) groups is 1. The number of likely N-dealkylation sites (tertiary alicyclic amines) is 1. The molecule has 3 heterocycles. The number of rotatable bonds is 5. The molecule has 2 aromatic rings. The number of hydrogen-bond donors (Lipinski definition) is 2. The fraction of sp³-hybridized carbons (Fsp3) is 0.474. The van der Waals surface area contributed by atoms with Crippen LogP contribution in [0.3, 0.4) is 0 Å². The first kappa shape index (κ1) is 18.9. The molecule has 2 aliphatic heterocycles. The highest BCUT2D eigenvalue weighted by Gasteiger charge is 2.46. The summed E-state index contributed by atoms with van der Waals surface area (Å²) in [6.45, 7) is 2.60. The Balaban J connectivity index is 0.00000196. The van der Waals surface area contributed by atoms with Gasteiger partial charge in [-0.05, 0) is 42.0 Å². The van der Waals surface area contributed by atoms with E-state index in [-0.39, 0.29) is 30.2 Å². The number of carbonyl (C=O) groups excluding carboxylic acids is 1. The largest absolute Gasteiger partial charge is 0.335 e. The third kappa shape index (κ3) is 3.76. The lowest BCUT2D eigenvalue weighted by Crippen LogP contribution is -2.34. The van der Waals surface area contributed by atoms with E-state index in [1.807, 2.05) is 17.2 Å². The number of amides is 1. The van der Waals surface area contributed by atoms with Crippen molar-refractivity contribution in [1.29, 1.82) is 0 Å². The van der Waals surface area contributed by atoms with Gasteiger partial charge in [-0.3, -0.25) is 9.89 Å². The molecule has 1 aromatic carbocycles. The Bertz CT molecular complexity index is 739. The van der Waals surface area contributed by atoms with Crippen LogP contribution in [0.1, 0.15) is 30.0 Å². The molecule has 0 aliphatic carbocycles. The highest BCUT2D eigenvalue weighted by molar-refractivity contribution is 5.85. The highest BCUT2D eigenvalue weighted by Crippen LogP contribution is 2.43. The van der Waals surface area contributed by atoms with Gasteiger partial charge in [0.05, 0.1) is 12.2 Å². The molecular weight excluding hydrogens is 355 g/mol. The summed E-state index contributed by atoms with van der Waals surface area (Å²) in [5.41, 5.74) is 2.04. The average molecular weight is 379 g/mol. The fourth-order valence-electron chi connectivity index (χ4n) is 4.30. The fourth-order valence-corrected chi connectivity index (χ4v) is 4.30. The van der Waals surface area contributed by atoms with Gasteiger partial charge in [0.2, 0.25) is 5.91 Å². The lowest BCUT2D eigenvalue weighted by molar-refractivity contribution is -0.132. The second-order valence-corrected chi connectivity index (χ2v) is 7.09. The SMILES string of the molecule is Cl.O=C(CCCc1cn[nH]c1)N1C[C@@H]2CNC[C@@H]2[C@@H]1c1cccc(F)c1. The summed E-state index contributed by atoms with van der Waals surface area (Å²) in [5.74, 6) is 0.775. The van der Waals surface area contributed by atoms with Crippen molar-refractivity contribution in [2.45, 2.75) is 25.3 Å². The number of fused-ring (bicyclic) bond motifs is 1. The number of aromatic amines is 1. The maximum Gasteiger partial charge on any atom is 0.223 e. The normalized spacial score (nSPS) is 24.3. The molecule has 1 amide bonds. The van der Waals surface area contributed by atoms with Gasteiger partial charge in [-0.2, -0.15) is 5.10 Å². The van der Waals surface area contributed by atoms with Crippen molar-refractivity contribution in [3.05, 3.63) is 53.6 Å². The van der Waals surface area contributed by atoms with Crippen LogP contribution in [-0.2, 0) is 11.2 Å². The highest BCUT2D eigenvalue weighted by atomic mass is 35.5. The van der Waals surface area contributed by atoms with Crippen molar-refractivity contribution >= 4 is 18.3 Å². The minimum absolute atomic E-state index is 0. The number of hydrogen-bond acceptors (Lipinski definition) is 3. The van der Waals surface area contributed by atoms with E-state index >= 15 is 0 Å². The summed E-state index contributed by atoms with van der Waals surface area (Å²) in [4.78, 5) is 14.8. The third-order valence-corrected chi connectivity index (χ3v) is 5.49. The molecule has 2 fully saturated rings. The van der Waals surface area contributed by atoms with E-state index in [1.54, 1.807) is 18.3 Å².